The lowest BCUT2D eigenvalue weighted by molar-refractivity contribution is -0.141. The number of benzene rings is 1. The van der Waals surface area contributed by atoms with E-state index in [1.54, 1.807) is 20.8 Å². The molecule has 1 amide bonds. The van der Waals surface area contributed by atoms with Crippen LogP contribution in [-0.4, -0.2) is 30.8 Å². The summed E-state index contributed by atoms with van der Waals surface area (Å²) in [5, 5.41) is 0. The van der Waals surface area contributed by atoms with Gasteiger partial charge in [-0.2, -0.15) is 0 Å². The highest BCUT2D eigenvalue weighted by Gasteiger charge is 2.32. The Balaban J connectivity index is 3.17. The quantitative estimate of drug-likeness (QED) is 0.804. The van der Waals surface area contributed by atoms with Crippen molar-refractivity contribution < 1.29 is 23.5 Å². The van der Waals surface area contributed by atoms with Crippen LogP contribution in [0, 0.1) is 5.82 Å². The summed E-state index contributed by atoms with van der Waals surface area (Å²) in [4.78, 5) is 25.1. The molecule has 0 spiro atoms. The van der Waals surface area contributed by atoms with E-state index in [0.29, 0.717) is 0 Å². The van der Waals surface area contributed by atoms with Gasteiger partial charge in [-0.3, -0.25) is 4.90 Å². The monoisotopic (exact) mass is 297 g/mol. The number of rotatable bonds is 3. The molecule has 1 aromatic rings. The molecule has 0 aromatic heterocycles. The molecule has 116 valence electrons. The standard InChI is InChI=1S/C15H20FNO4/c1-10(13(18)20-5)17(14(19)21-15(2,3)4)12-8-6-7-11(16)9-12/h6-10H,1-5H3/t10-/m0/s1. The normalized spacial score (nSPS) is 12.5. The second kappa shape index (κ2) is 6.56. The Morgan fingerprint density at radius 2 is 1.90 bits per heavy atom. The number of carbonyl (C=O) groups excluding carboxylic acids is 2. The van der Waals surface area contributed by atoms with Gasteiger partial charge < -0.3 is 9.47 Å². The maximum Gasteiger partial charge on any atom is 0.415 e. The fourth-order valence-electron chi connectivity index (χ4n) is 1.70. The van der Waals surface area contributed by atoms with Gasteiger partial charge in [-0.05, 0) is 45.9 Å². The highest BCUT2D eigenvalue weighted by atomic mass is 19.1. The van der Waals surface area contributed by atoms with E-state index in [1.165, 1.54) is 32.2 Å². The summed E-state index contributed by atoms with van der Waals surface area (Å²) in [5.41, 5.74) is -0.513. The van der Waals surface area contributed by atoms with E-state index >= 15 is 0 Å². The fraction of sp³-hybridized carbons (Fsp3) is 0.467. The zero-order valence-corrected chi connectivity index (χ0v) is 12.8. The van der Waals surface area contributed by atoms with Crippen LogP contribution in [-0.2, 0) is 14.3 Å². The summed E-state index contributed by atoms with van der Waals surface area (Å²) in [6.07, 6.45) is -0.744. The van der Waals surface area contributed by atoms with Crippen LogP contribution in [0.15, 0.2) is 24.3 Å². The summed E-state index contributed by atoms with van der Waals surface area (Å²) in [6.45, 7) is 6.60. The number of anilines is 1. The molecule has 1 rings (SSSR count). The van der Waals surface area contributed by atoms with Crippen molar-refractivity contribution in [3.8, 4) is 0 Å². The van der Waals surface area contributed by atoms with E-state index in [9.17, 15) is 14.0 Å². The van der Waals surface area contributed by atoms with Crippen molar-refractivity contribution in [3.05, 3.63) is 30.1 Å². The van der Waals surface area contributed by atoms with E-state index in [4.69, 9.17) is 4.74 Å². The lowest BCUT2D eigenvalue weighted by Gasteiger charge is -2.30. The number of methoxy groups -OCH3 is 1. The first-order valence-corrected chi connectivity index (χ1v) is 6.51. The maximum absolute atomic E-state index is 13.4. The van der Waals surface area contributed by atoms with Crippen LogP contribution in [0.5, 0.6) is 0 Å². The Labute approximate surface area is 123 Å². The van der Waals surface area contributed by atoms with Crippen LogP contribution in [0.4, 0.5) is 14.9 Å². The van der Waals surface area contributed by atoms with E-state index in [1.807, 2.05) is 0 Å². The number of halogens is 1. The van der Waals surface area contributed by atoms with Gasteiger partial charge in [-0.15, -0.1) is 0 Å². The van der Waals surface area contributed by atoms with Crippen LogP contribution in [0.2, 0.25) is 0 Å². The lowest BCUT2D eigenvalue weighted by Crippen LogP contribution is -2.46. The number of esters is 1. The largest absolute Gasteiger partial charge is 0.467 e. The molecule has 0 fully saturated rings. The first kappa shape index (κ1) is 16.9. The fourth-order valence-corrected chi connectivity index (χ4v) is 1.70. The predicted molar refractivity (Wildman–Crippen MR) is 76.6 cm³/mol. The molecular weight excluding hydrogens is 277 g/mol. The number of hydrogen-bond donors (Lipinski definition) is 0. The number of ether oxygens (including phenoxy) is 2. The van der Waals surface area contributed by atoms with E-state index in [2.05, 4.69) is 4.74 Å². The molecular formula is C15H20FNO4. The molecule has 5 nitrogen and oxygen atoms in total. The molecule has 0 unspecified atom stereocenters. The van der Waals surface area contributed by atoms with Gasteiger partial charge in [-0.25, -0.2) is 14.0 Å². The lowest BCUT2D eigenvalue weighted by atomic mass is 10.2. The van der Waals surface area contributed by atoms with Crippen molar-refractivity contribution in [1.29, 1.82) is 0 Å². The van der Waals surface area contributed by atoms with Gasteiger partial charge in [0.25, 0.3) is 0 Å². The van der Waals surface area contributed by atoms with Crippen molar-refractivity contribution in [2.45, 2.75) is 39.3 Å². The summed E-state index contributed by atoms with van der Waals surface area (Å²) in [7, 11) is 1.22. The molecule has 0 bridgehead atoms. The number of hydrogen-bond acceptors (Lipinski definition) is 4. The molecule has 0 heterocycles. The topological polar surface area (TPSA) is 55.8 Å². The van der Waals surface area contributed by atoms with Gasteiger partial charge in [0.1, 0.15) is 17.5 Å². The molecule has 0 aliphatic carbocycles. The van der Waals surface area contributed by atoms with Crippen LogP contribution < -0.4 is 4.90 Å². The van der Waals surface area contributed by atoms with Gasteiger partial charge in [0.2, 0.25) is 0 Å². The molecule has 1 aromatic carbocycles. The minimum atomic E-state index is -0.938. The van der Waals surface area contributed by atoms with Gasteiger partial charge in [0.05, 0.1) is 12.8 Å². The highest BCUT2D eigenvalue weighted by Crippen LogP contribution is 2.22. The molecule has 0 radical (unpaired) electrons. The third-order valence-electron chi connectivity index (χ3n) is 2.61. The number of nitrogens with zero attached hydrogens (tertiary/aromatic N) is 1. The number of amides is 1. The summed E-state index contributed by atoms with van der Waals surface area (Å²) in [6, 6.07) is 4.44. The first-order valence-electron chi connectivity index (χ1n) is 6.51. The van der Waals surface area contributed by atoms with Crippen LogP contribution in [0.3, 0.4) is 0 Å². The van der Waals surface area contributed by atoms with E-state index < -0.39 is 29.5 Å². The predicted octanol–water partition coefficient (Wildman–Crippen LogP) is 3.13. The Hall–Kier alpha value is -2.11. The summed E-state index contributed by atoms with van der Waals surface area (Å²) >= 11 is 0. The van der Waals surface area contributed by atoms with Gasteiger partial charge in [0.15, 0.2) is 0 Å². The average Bonchev–Trinajstić information content (AvgIpc) is 2.35. The van der Waals surface area contributed by atoms with Crippen molar-refractivity contribution in [3.63, 3.8) is 0 Å². The highest BCUT2D eigenvalue weighted by molar-refractivity contribution is 5.95. The number of carbonyl (C=O) groups is 2. The molecule has 1 atom stereocenters. The smallest absolute Gasteiger partial charge is 0.415 e. The third kappa shape index (κ3) is 4.73. The van der Waals surface area contributed by atoms with Crippen LogP contribution >= 0.6 is 0 Å². The maximum atomic E-state index is 13.4. The van der Waals surface area contributed by atoms with Gasteiger partial charge >= 0.3 is 12.1 Å². The second-order valence-corrected chi connectivity index (χ2v) is 5.53. The summed E-state index contributed by atoms with van der Waals surface area (Å²) in [5.74, 6) is -1.14. The molecule has 0 N–H and O–H groups in total. The van der Waals surface area contributed by atoms with E-state index in [0.717, 1.165) is 11.0 Å². The Bertz CT molecular complexity index is 525. The molecule has 0 aliphatic rings. The minimum absolute atomic E-state index is 0.224. The van der Waals surface area contributed by atoms with Crippen molar-refractivity contribution in [2.24, 2.45) is 0 Å². The minimum Gasteiger partial charge on any atom is -0.467 e. The zero-order chi connectivity index (χ0) is 16.2. The third-order valence-corrected chi connectivity index (χ3v) is 2.61. The molecule has 0 saturated heterocycles. The average molecular weight is 297 g/mol. The molecule has 0 saturated carbocycles. The van der Waals surface area contributed by atoms with Crippen LogP contribution in [0.25, 0.3) is 0 Å². The zero-order valence-electron chi connectivity index (χ0n) is 12.8. The van der Waals surface area contributed by atoms with Crippen molar-refractivity contribution in [1.82, 2.24) is 0 Å². The van der Waals surface area contributed by atoms with Gasteiger partial charge in [-0.1, -0.05) is 6.07 Å². The van der Waals surface area contributed by atoms with Crippen molar-refractivity contribution in [2.75, 3.05) is 12.0 Å². The summed E-state index contributed by atoms with van der Waals surface area (Å²) < 4.78 is 23.3. The van der Waals surface area contributed by atoms with Crippen molar-refractivity contribution >= 4 is 17.7 Å². The Morgan fingerprint density at radius 3 is 2.38 bits per heavy atom. The molecule has 6 heteroatoms. The molecule has 0 aliphatic heterocycles. The van der Waals surface area contributed by atoms with Gasteiger partial charge in [0, 0.05) is 0 Å². The van der Waals surface area contributed by atoms with E-state index in [-0.39, 0.29) is 5.69 Å². The Morgan fingerprint density at radius 1 is 1.29 bits per heavy atom. The SMILES string of the molecule is COC(=O)[C@H](C)N(C(=O)OC(C)(C)C)c1cccc(F)c1. The Kier molecular flexibility index (Phi) is 5.29. The van der Waals surface area contributed by atoms with Crippen LogP contribution in [0.1, 0.15) is 27.7 Å². The first-order chi connectivity index (χ1) is 9.65. The molecule has 21 heavy (non-hydrogen) atoms. The second-order valence-electron chi connectivity index (χ2n) is 5.53.